The first-order valence-electron chi connectivity index (χ1n) is 5.90. The molecule has 0 saturated carbocycles. The lowest BCUT2D eigenvalue weighted by Gasteiger charge is -2.18. The van der Waals surface area contributed by atoms with Gasteiger partial charge in [0.15, 0.2) is 0 Å². The fourth-order valence-corrected chi connectivity index (χ4v) is 2.79. The molecule has 0 aliphatic carbocycles. The maximum absolute atomic E-state index is 5.72. The first kappa shape index (κ1) is 13.3. The van der Waals surface area contributed by atoms with Crippen LogP contribution in [0, 0.1) is 13.8 Å². The van der Waals surface area contributed by atoms with Crippen molar-refractivity contribution in [2.75, 3.05) is 0 Å². The molecule has 3 heteroatoms. The van der Waals surface area contributed by atoms with Crippen molar-refractivity contribution in [3.8, 4) is 0 Å². The molecule has 94 valence electrons. The van der Waals surface area contributed by atoms with Gasteiger partial charge >= 0.3 is 0 Å². The van der Waals surface area contributed by atoms with Crippen LogP contribution in [0.15, 0.2) is 46.9 Å². The van der Waals surface area contributed by atoms with Gasteiger partial charge in [-0.2, -0.15) is 0 Å². The van der Waals surface area contributed by atoms with Crippen molar-refractivity contribution in [3.05, 3.63) is 69.2 Å². The largest absolute Gasteiger partial charge is 0.271 e. The van der Waals surface area contributed by atoms with Crippen molar-refractivity contribution in [3.63, 3.8) is 0 Å². The highest BCUT2D eigenvalue weighted by Crippen LogP contribution is 2.25. The number of nitrogens with two attached hydrogens (primary N) is 1. The molecule has 0 amide bonds. The van der Waals surface area contributed by atoms with Crippen LogP contribution in [0.2, 0.25) is 0 Å². The summed E-state index contributed by atoms with van der Waals surface area (Å²) >= 11 is 3.53. The summed E-state index contributed by atoms with van der Waals surface area (Å²) in [6, 6.07) is 14.7. The molecule has 2 aromatic carbocycles. The Bertz CT molecular complexity index is 532. The minimum Gasteiger partial charge on any atom is -0.271 e. The van der Waals surface area contributed by atoms with E-state index in [1.54, 1.807) is 0 Å². The molecular weight excluding hydrogens is 288 g/mol. The van der Waals surface area contributed by atoms with Gasteiger partial charge < -0.3 is 0 Å². The molecule has 0 saturated heterocycles. The van der Waals surface area contributed by atoms with E-state index in [2.05, 4.69) is 77.7 Å². The molecule has 0 bridgehead atoms. The van der Waals surface area contributed by atoms with Crippen LogP contribution < -0.4 is 11.3 Å². The molecular formula is C15H17BrN2. The van der Waals surface area contributed by atoms with Gasteiger partial charge in [-0.1, -0.05) is 51.8 Å². The first-order valence-corrected chi connectivity index (χ1v) is 6.69. The van der Waals surface area contributed by atoms with Crippen molar-refractivity contribution in [1.29, 1.82) is 0 Å². The van der Waals surface area contributed by atoms with Crippen LogP contribution in [0.4, 0.5) is 0 Å². The molecule has 2 rings (SSSR count). The fourth-order valence-electron chi connectivity index (χ4n) is 2.17. The number of nitrogens with one attached hydrogen (secondary N) is 1. The zero-order chi connectivity index (χ0) is 13.1. The normalized spacial score (nSPS) is 12.4. The summed E-state index contributed by atoms with van der Waals surface area (Å²) in [5.41, 5.74) is 7.68. The number of hydrazine groups is 1. The molecule has 0 aromatic heterocycles. The predicted molar refractivity (Wildman–Crippen MR) is 79.2 cm³/mol. The minimum absolute atomic E-state index is 0.0149. The monoisotopic (exact) mass is 304 g/mol. The quantitative estimate of drug-likeness (QED) is 0.671. The summed E-state index contributed by atoms with van der Waals surface area (Å²) in [5, 5.41) is 0. The lowest BCUT2D eigenvalue weighted by atomic mass is 9.97. The summed E-state index contributed by atoms with van der Waals surface area (Å²) in [6.07, 6.45) is 0. The Morgan fingerprint density at radius 2 is 1.72 bits per heavy atom. The van der Waals surface area contributed by atoms with Gasteiger partial charge in [0.05, 0.1) is 6.04 Å². The van der Waals surface area contributed by atoms with Crippen molar-refractivity contribution < 1.29 is 0 Å². The third-order valence-corrected chi connectivity index (χ3v) is 3.40. The van der Waals surface area contributed by atoms with Crippen molar-refractivity contribution in [1.82, 2.24) is 5.43 Å². The predicted octanol–water partition coefficient (Wildman–Crippen LogP) is 3.62. The van der Waals surface area contributed by atoms with Gasteiger partial charge in [0.1, 0.15) is 0 Å². The van der Waals surface area contributed by atoms with Crippen molar-refractivity contribution in [2.45, 2.75) is 19.9 Å². The summed E-state index contributed by atoms with van der Waals surface area (Å²) < 4.78 is 1.07. The molecule has 0 spiro atoms. The number of benzene rings is 2. The second kappa shape index (κ2) is 5.65. The van der Waals surface area contributed by atoms with Crippen LogP contribution >= 0.6 is 15.9 Å². The summed E-state index contributed by atoms with van der Waals surface area (Å²) in [7, 11) is 0. The van der Waals surface area contributed by atoms with Crippen molar-refractivity contribution >= 4 is 15.9 Å². The number of rotatable bonds is 3. The number of aryl methyl sites for hydroxylation is 2. The molecule has 18 heavy (non-hydrogen) atoms. The average Bonchev–Trinajstić information content (AvgIpc) is 2.28. The Balaban J connectivity index is 2.45. The van der Waals surface area contributed by atoms with Crippen LogP contribution in [0.25, 0.3) is 0 Å². The second-order valence-electron chi connectivity index (χ2n) is 4.58. The topological polar surface area (TPSA) is 38.0 Å². The maximum atomic E-state index is 5.72. The Morgan fingerprint density at radius 1 is 1.00 bits per heavy atom. The molecule has 2 aromatic rings. The smallest absolute Gasteiger partial charge is 0.0710 e. The van der Waals surface area contributed by atoms with Crippen LogP contribution in [0.5, 0.6) is 0 Å². The molecule has 1 atom stereocenters. The molecule has 1 unspecified atom stereocenters. The average molecular weight is 305 g/mol. The Morgan fingerprint density at radius 3 is 2.33 bits per heavy atom. The lowest BCUT2D eigenvalue weighted by Crippen LogP contribution is -2.28. The van der Waals surface area contributed by atoms with Gasteiger partial charge in [0, 0.05) is 4.47 Å². The summed E-state index contributed by atoms with van der Waals surface area (Å²) in [5.74, 6) is 5.72. The standard InChI is InChI=1S/C15H17BrN2/c1-10-4-3-5-12(6-10)15(18-17)13-7-11(2)8-14(16)9-13/h3-9,15,18H,17H2,1-2H3. The number of hydrogen-bond donors (Lipinski definition) is 2. The van der Waals surface area contributed by atoms with E-state index in [9.17, 15) is 0 Å². The third kappa shape index (κ3) is 2.99. The highest BCUT2D eigenvalue weighted by molar-refractivity contribution is 9.10. The molecule has 0 fully saturated rings. The van der Waals surface area contributed by atoms with Gasteiger partial charge in [-0.05, 0) is 42.7 Å². The Labute approximate surface area is 116 Å². The molecule has 3 N–H and O–H groups in total. The summed E-state index contributed by atoms with van der Waals surface area (Å²) in [6.45, 7) is 4.17. The minimum atomic E-state index is 0.0149. The van der Waals surface area contributed by atoms with E-state index < -0.39 is 0 Å². The van der Waals surface area contributed by atoms with E-state index in [-0.39, 0.29) is 6.04 Å². The van der Waals surface area contributed by atoms with Gasteiger partial charge in [0.2, 0.25) is 0 Å². The lowest BCUT2D eigenvalue weighted by molar-refractivity contribution is 0.636. The Hall–Kier alpha value is -1.16. The molecule has 0 radical (unpaired) electrons. The van der Waals surface area contributed by atoms with Gasteiger partial charge in [0.25, 0.3) is 0 Å². The number of halogens is 1. The summed E-state index contributed by atoms with van der Waals surface area (Å²) in [4.78, 5) is 0. The van der Waals surface area contributed by atoms with E-state index in [1.807, 2.05) is 0 Å². The fraction of sp³-hybridized carbons (Fsp3) is 0.200. The molecule has 0 aliphatic heterocycles. The van der Waals surface area contributed by atoms with Gasteiger partial charge in [-0.25, -0.2) is 5.43 Å². The molecule has 0 aliphatic rings. The Kier molecular flexibility index (Phi) is 4.17. The zero-order valence-electron chi connectivity index (χ0n) is 10.6. The van der Waals surface area contributed by atoms with Crippen LogP contribution in [0.3, 0.4) is 0 Å². The van der Waals surface area contributed by atoms with E-state index in [0.717, 1.165) is 10.0 Å². The van der Waals surface area contributed by atoms with Crippen LogP contribution in [0.1, 0.15) is 28.3 Å². The first-order chi connectivity index (χ1) is 8.60. The second-order valence-corrected chi connectivity index (χ2v) is 5.49. The van der Waals surface area contributed by atoms with Gasteiger partial charge in [-0.3, -0.25) is 5.84 Å². The van der Waals surface area contributed by atoms with E-state index in [4.69, 9.17) is 5.84 Å². The van der Waals surface area contributed by atoms with Crippen LogP contribution in [-0.4, -0.2) is 0 Å². The highest BCUT2D eigenvalue weighted by Gasteiger charge is 2.13. The maximum Gasteiger partial charge on any atom is 0.0710 e. The molecule has 2 nitrogen and oxygen atoms in total. The van der Waals surface area contributed by atoms with E-state index in [0.29, 0.717) is 0 Å². The number of hydrogen-bond acceptors (Lipinski definition) is 2. The van der Waals surface area contributed by atoms with Crippen LogP contribution in [-0.2, 0) is 0 Å². The molecule has 0 heterocycles. The third-order valence-electron chi connectivity index (χ3n) is 2.94. The SMILES string of the molecule is Cc1cccc(C(NN)c2cc(C)cc(Br)c2)c1. The van der Waals surface area contributed by atoms with E-state index >= 15 is 0 Å². The van der Waals surface area contributed by atoms with Crippen molar-refractivity contribution in [2.24, 2.45) is 5.84 Å². The zero-order valence-corrected chi connectivity index (χ0v) is 12.2. The van der Waals surface area contributed by atoms with Gasteiger partial charge in [-0.15, -0.1) is 0 Å². The van der Waals surface area contributed by atoms with E-state index in [1.165, 1.54) is 16.7 Å². The highest BCUT2D eigenvalue weighted by atomic mass is 79.9.